The van der Waals surface area contributed by atoms with E-state index in [9.17, 15) is 4.79 Å². The highest BCUT2D eigenvalue weighted by atomic mass is 16.1. The number of carbonyl (C=O) groups excluding carboxylic acids is 1. The summed E-state index contributed by atoms with van der Waals surface area (Å²) in [6.45, 7) is 9.09. The summed E-state index contributed by atoms with van der Waals surface area (Å²) in [5.41, 5.74) is 5.36. The number of carbonyl (C=O) groups is 1. The third-order valence-corrected chi connectivity index (χ3v) is 4.04. The number of allylic oxidation sites excluding steroid dienone is 1. The molecular formula is C17H23NO. The molecule has 0 fully saturated rings. The minimum Gasteiger partial charge on any atom is -0.363 e. The van der Waals surface area contributed by atoms with Crippen molar-refractivity contribution in [2.45, 2.75) is 53.1 Å². The largest absolute Gasteiger partial charge is 0.363 e. The molecule has 0 aliphatic carbocycles. The third-order valence-electron chi connectivity index (χ3n) is 4.04. The summed E-state index contributed by atoms with van der Waals surface area (Å²) in [5.74, 6) is 0.335. The number of fused-ring (bicyclic) bond motifs is 1. The summed E-state index contributed by atoms with van der Waals surface area (Å²) in [5, 5.41) is 0. The van der Waals surface area contributed by atoms with E-state index >= 15 is 0 Å². The van der Waals surface area contributed by atoms with Crippen LogP contribution in [0, 0.1) is 13.8 Å². The van der Waals surface area contributed by atoms with Gasteiger partial charge in [0.1, 0.15) is 0 Å². The number of aryl methyl sites for hydroxylation is 2. The molecule has 0 saturated carbocycles. The molecule has 1 aliphatic rings. The van der Waals surface area contributed by atoms with Gasteiger partial charge in [0.2, 0.25) is 0 Å². The predicted molar refractivity (Wildman–Crippen MR) is 79.1 cm³/mol. The van der Waals surface area contributed by atoms with Crippen LogP contribution in [0.4, 0.5) is 0 Å². The van der Waals surface area contributed by atoms with Crippen molar-refractivity contribution in [1.29, 1.82) is 0 Å². The quantitative estimate of drug-likeness (QED) is 0.825. The molecule has 0 bridgehead atoms. The first-order valence-electron chi connectivity index (χ1n) is 7.07. The van der Waals surface area contributed by atoms with Crippen LogP contribution in [0.25, 0.3) is 0 Å². The zero-order chi connectivity index (χ0) is 14.0. The van der Waals surface area contributed by atoms with Gasteiger partial charge >= 0.3 is 0 Å². The maximum absolute atomic E-state index is 12.1. The van der Waals surface area contributed by atoms with Gasteiger partial charge < -0.3 is 4.90 Å². The molecule has 1 aromatic rings. The molecule has 1 atom stereocenters. The van der Waals surface area contributed by atoms with Crippen molar-refractivity contribution in [3.8, 4) is 0 Å². The number of ketones is 1. The van der Waals surface area contributed by atoms with Gasteiger partial charge in [0.25, 0.3) is 0 Å². The second-order valence-corrected chi connectivity index (χ2v) is 5.40. The molecule has 2 nitrogen and oxygen atoms in total. The highest BCUT2D eigenvalue weighted by molar-refractivity contribution is 5.84. The monoisotopic (exact) mass is 257 g/mol. The van der Waals surface area contributed by atoms with Crippen molar-refractivity contribution in [3.05, 3.63) is 46.7 Å². The Morgan fingerprint density at radius 1 is 1.32 bits per heavy atom. The molecular weight excluding hydrogens is 234 g/mol. The molecule has 0 aromatic heterocycles. The summed E-state index contributed by atoms with van der Waals surface area (Å²) >= 11 is 0. The lowest BCUT2D eigenvalue weighted by atomic mass is 9.88. The van der Waals surface area contributed by atoms with E-state index in [1.807, 2.05) is 19.9 Å². The smallest absolute Gasteiger partial charge is 0.155 e. The first-order valence-corrected chi connectivity index (χ1v) is 7.07. The molecule has 2 rings (SSSR count). The van der Waals surface area contributed by atoms with Gasteiger partial charge in [0.15, 0.2) is 5.78 Å². The molecule has 2 heteroatoms. The van der Waals surface area contributed by atoms with Gasteiger partial charge in [-0.05, 0) is 49.2 Å². The Hall–Kier alpha value is -1.57. The number of rotatable bonds is 3. The minimum atomic E-state index is 0.0100. The highest BCUT2D eigenvalue weighted by Gasteiger charge is 2.28. The van der Waals surface area contributed by atoms with E-state index in [0.717, 1.165) is 13.0 Å². The van der Waals surface area contributed by atoms with Crippen molar-refractivity contribution >= 4 is 5.78 Å². The molecule has 19 heavy (non-hydrogen) atoms. The Kier molecular flexibility index (Phi) is 4.08. The Balaban J connectivity index is 2.39. The molecule has 0 radical (unpaired) electrons. The van der Waals surface area contributed by atoms with Gasteiger partial charge in [-0.25, -0.2) is 0 Å². The van der Waals surface area contributed by atoms with Crippen LogP contribution in [0.5, 0.6) is 0 Å². The van der Waals surface area contributed by atoms with Crippen molar-refractivity contribution < 1.29 is 4.79 Å². The Bertz CT molecular complexity index is 516. The molecule has 0 amide bonds. The summed E-state index contributed by atoms with van der Waals surface area (Å²) in [4.78, 5) is 14.3. The van der Waals surface area contributed by atoms with Gasteiger partial charge in [-0.3, -0.25) is 4.79 Å². The number of nitrogens with zero attached hydrogens (tertiary/aromatic N) is 1. The molecule has 0 spiro atoms. The fourth-order valence-electron chi connectivity index (χ4n) is 2.79. The van der Waals surface area contributed by atoms with E-state index in [2.05, 4.69) is 37.1 Å². The Morgan fingerprint density at radius 3 is 2.53 bits per heavy atom. The van der Waals surface area contributed by atoms with Gasteiger partial charge in [-0.2, -0.15) is 0 Å². The van der Waals surface area contributed by atoms with Crippen LogP contribution in [0.3, 0.4) is 0 Å². The lowest BCUT2D eigenvalue weighted by Crippen LogP contribution is -2.42. The van der Waals surface area contributed by atoms with Crippen LogP contribution in [-0.4, -0.2) is 16.7 Å². The second kappa shape index (κ2) is 5.60. The van der Waals surface area contributed by atoms with Crippen LogP contribution >= 0.6 is 0 Å². The first-order chi connectivity index (χ1) is 9.06. The van der Waals surface area contributed by atoms with Crippen molar-refractivity contribution in [2.24, 2.45) is 0 Å². The maximum Gasteiger partial charge on any atom is 0.155 e. The summed E-state index contributed by atoms with van der Waals surface area (Å²) in [7, 11) is 0. The molecule has 0 saturated heterocycles. The standard InChI is InChI=1S/C17H23NO/c1-5-7-18-11-15-9-13(4)12(3)8-14(15)10-16(18)17(19)6-2/h5,7-9,16H,6,10-11H2,1-4H3. The van der Waals surface area contributed by atoms with Crippen LogP contribution in [0.2, 0.25) is 0 Å². The zero-order valence-corrected chi connectivity index (χ0v) is 12.4. The lowest BCUT2D eigenvalue weighted by Gasteiger charge is -2.35. The van der Waals surface area contributed by atoms with Gasteiger partial charge in [0, 0.05) is 19.4 Å². The van der Waals surface area contributed by atoms with E-state index in [0.29, 0.717) is 12.2 Å². The van der Waals surface area contributed by atoms with Crippen molar-refractivity contribution in [3.63, 3.8) is 0 Å². The van der Waals surface area contributed by atoms with Crippen molar-refractivity contribution in [2.75, 3.05) is 0 Å². The first kappa shape index (κ1) is 13.9. The molecule has 1 unspecified atom stereocenters. The summed E-state index contributed by atoms with van der Waals surface area (Å²) in [6, 6.07) is 4.54. The van der Waals surface area contributed by atoms with E-state index in [1.54, 1.807) is 0 Å². The lowest BCUT2D eigenvalue weighted by molar-refractivity contribution is -0.123. The van der Waals surface area contributed by atoms with Crippen LogP contribution < -0.4 is 0 Å². The Labute approximate surface area is 116 Å². The summed E-state index contributed by atoms with van der Waals surface area (Å²) in [6.07, 6.45) is 5.52. The third kappa shape index (κ3) is 2.73. The van der Waals surface area contributed by atoms with E-state index in [4.69, 9.17) is 0 Å². The predicted octanol–water partition coefficient (Wildman–Crippen LogP) is 3.54. The van der Waals surface area contributed by atoms with Crippen LogP contribution in [0.1, 0.15) is 42.5 Å². The van der Waals surface area contributed by atoms with E-state index < -0.39 is 0 Å². The normalized spacial score (nSPS) is 18.7. The average molecular weight is 257 g/mol. The number of Topliss-reactive ketones (excluding diaryl/α,β-unsaturated/α-hetero) is 1. The number of benzene rings is 1. The van der Waals surface area contributed by atoms with E-state index in [-0.39, 0.29) is 6.04 Å². The molecule has 1 aromatic carbocycles. The molecule has 102 valence electrons. The number of hydrogen-bond donors (Lipinski definition) is 0. The average Bonchev–Trinajstić information content (AvgIpc) is 2.39. The van der Waals surface area contributed by atoms with E-state index in [1.165, 1.54) is 22.3 Å². The van der Waals surface area contributed by atoms with Gasteiger partial charge in [-0.15, -0.1) is 0 Å². The van der Waals surface area contributed by atoms with Crippen molar-refractivity contribution in [1.82, 2.24) is 4.90 Å². The second-order valence-electron chi connectivity index (χ2n) is 5.40. The SMILES string of the molecule is CC=CN1Cc2cc(C)c(C)cc2CC1C(=O)CC. The maximum atomic E-state index is 12.1. The zero-order valence-electron chi connectivity index (χ0n) is 12.4. The molecule has 1 heterocycles. The fourth-order valence-corrected chi connectivity index (χ4v) is 2.79. The fraction of sp³-hybridized carbons (Fsp3) is 0.471. The van der Waals surface area contributed by atoms with Crippen LogP contribution in [-0.2, 0) is 17.8 Å². The number of hydrogen-bond acceptors (Lipinski definition) is 2. The van der Waals surface area contributed by atoms with Gasteiger partial charge in [0.05, 0.1) is 6.04 Å². The Morgan fingerprint density at radius 2 is 1.95 bits per heavy atom. The van der Waals surface area contributed by atoms with Gasteiger partial charge in [-0.1, -0.05) is 25.1 Å². The topological polar surface area (TPSA) is 20.3 Å². The summed E-state index contributed by atoms with van der Waals surface area (Å²) < 4.78 is 0. The molecule has 0 N–H and O–H groups in total. The molecule has 1 aliphatic heterocycles. The highest BCUT2D eigenvalue weighted by Crippen LogP contribution is 2.27. The minimum absolute atomic E-state index is 0.0100. The van der Waals surface area contributed by atoms with Crippen LogP contribution in [0.15, 0.2) is 24.4 Å².